The van der Waals surface area contributed by atoms with Gasteiger partial charge in [0.1, 0.15) is 24.4 Å². The molecule has 10 nitrogen and oxygen atoms in total. The van der Waals surface area contributed by atoms with E-state index in [2.05, 4.69) is 0 Å². The van der Waals surface area contributed by atoms with E-state index in [4.69, 9.17) is 24.1 Å². The third-order valence-electron chi connectivity index (χ3n) is 6.56. The van der Waals surface area contributed by atoms with Gasteiger partial charge in [0.15, 0.2) is 23.0 Å². The van der Waals surface area contributed by atoms with E-state index in [0.29, 0.717) is 35.5 Å². The third-order valence-corrected chi connectivity index (χ3v) is 6.56. The highest BCUT2D eigenvalue weighted by atomic mass is 16.7. The first-order chi connectivity index (χ1) is 16.8. The van der Waals surface area contributed by atoms with Crippen molar-refractivity contribution in [2.24, 2.45) is 0 Å². The molecule has 0 amide bonds. The van der Waals surface area contributed by atoms with E-state index >= 15 is 0 Å². The van der Waals surface area contributed by atoms with E-state index in [9.17, 15) is 25.5 Å². The van der Waals surface area contributed by atoms with Crippen LogP contribution in [0.5, 0.6) is 23.0 Å². The number of phenolic OH excluding ortho intramolecular Hbond substituents is 1. The topological polar surface area (TPSA) is 158 Å². The number of aryl methyl sites for hydroxylation is 1. The van der Waals surface area contributed by atoms with E-state index in [1.807, 2.05) is 6.07 Å². The molecule has 0 radical (unpaired) electrons. The molecule has 1 fully saturated rings. The summed E-state index contributed by atoms with van der Waals surface area (Å²) in [5.74, 6) is 0.377. The third kappa shape index (κ3) is 4.90. The lowest BCUT2D eigenvalue weighted by Gasteiger charge is -2.39. The molecule has 2 heterocycles. The highest BCUT2D eigenvalue weighted by Gasteiger charge is 2.43. The Bertz CT molecular complexity index is 1030. The number of hydrogen-bond acceptors (Lipinski definition) is 10. The van der Waals surface area contributed by atoms with Gasteiger partial charge in [0.05, 0.1) is 25.7 Å². The Labute approximate surface area is 202 Å². The van der Waals surface area contributed by atoms with Gasteiger partial charge >= 0.3 is 0 Å². The van der Waals surface area contributed by atoms with Crippen LogP contribution in [0.4, 0.5) is 0 Å². The smallest absolute Gasteiger partial charge is 0.229 e. The molecule has 2 aliphatic heterocycles. The number of hydrogen-bond donors (Lipinski definition) is 6. The number of methoxy groups -OCH3 is 1. The van der Waals surface area contributed by atoms with Crippen LogP contribution in [0.1, 0.15) is 42.1 Å². The van der Waals surface area contributed by atoms with Crippen LogP contribution in [0.3, 0.4) is 0 Å². The van der Waals surface area contributed by atoms with Crippen LogP contribution in [0.2, 0.25) is 0 Å². The molecule has 192 valence electrons. The SMILES string of the molecule is COc1cc(C2Oc3c(O)cc(CCCO)cc3C2CO)ccc1OC1OC(C)C(O)C(O)C1O. The number of ether oxygens (including phenoxy) is 4. The molecule has 35 heavy (non-hydrogen) atoms. The van der Waals surface area contributed by atoms with Crippen LogP contribution < -0.4 is 14.2 Å². The number of rotatable bonds is 8. The lowest BCUT2D eigenvalue weighted by Crippen LogP contribution is -2.58. The second-order valence-corrected chi connectivity index (χ2v) is 8.90. The van der Waals surface area contributed by atoms with E-state index < -0.39 is 42.7 Å². The standard InChI is InChI=1S/C25H32O10/c1-12-20(29)21(30)22(31)25(33-12)34-18-6-5-14(10-19(18)32-2)23-16(11-27)15-8-13(4-3-7-26)9-17(28)24(15)35-23/h5-6,8-10,12,16,20-23,25-31H,3-4,7,11H2,1-2H3. The van der Waals surface area contributed by atoms with E-state index in [0.717, 1.165) is 5.56 Å². The van der Waals surface area contributed by atoms with Crippen LogP contribution in [0, 0.1) is 0 Å². The summed E-state index contributed by atoms with van der Waals surface area (Å²) < 4.78 is 22.8. The van der Waals surface area contributed by atoms with Gasteiger partial charge < -0.3 is 49.6 Å². The van der Waals surface area contributed by atoms with Crippen LogP contribution in [0.25, 0.3) is 0 Å². The molecular weight excluding hydrogens is 460 g/mol. The summed E-state index contributed by atoms with van der Waals surface area (Å²) in [5.41, 5.74) is 2.19. The van der Waals surface area contributed by atoms with Crippen molar-refractivity contribution < 1.29 is 49.6 Å². The Morgan fingerprint density at radius 3 is 2.43 bits per heavy atom. The van der Waals surface area contributed by atoms with Crippen molar-refractivity contribution in [1.82, 2.24) is 0 Å². The van der Waals surface area contributed by atoms with Gasteiger partial charge in [-0.2, -0.15) is 0 Å². The maximum Gasteiger partial charge on any atom is 0.229 e. The van der Waals surface area contributed by atoms with Gasteiger partial charge in [-0.05, 0) is 49.1 Å². The molecule has 0 aromatic heterocycles. The number of aliphatic hydroxyl groups is 5. The van der Waals surface area contributed by atoms with Gasteiger partial charge in [-0.25, -0.2) is 0 Å². The minimum Gasteiger partial charge on any atom is -0.504 e. The van der Waals surface area contributed by atoms with Gasteiger partial charge in [0.2, 0.25) is 6.29 Å². The summed E-state index contributed by atoms with van der Waals surface area (Å²) in [7, 11) is 1.44. The Hall–Kier alpha value is -2.60. The summed E-state index contributed by atoms with van der Waals surface area (Å²) in [4.78, 5) is 0. The summed E-state index contributed by atoms with van der Waals surface area (Å²) in [6.45, 7) is 1.38. The number of benzene rings is 2. The van der Waals surface area contributed by atoms with E-state index in [1.54, 1.807) is 31.2 Å². The molecule has 1 saturated heterocycles. The molecular formula is C25H32O10. The summed E-state index contributed by atoms with van der Waals surface area (Å²) in [6, 6.07) is 8.46. The van der Waals surface area contributed by atoms with Gasteiger partial charge in [-0.1, -0.05) is 12.1 Å². The maximum absolute atomic E-state index is 10.5. The fourth-order valence-electron chi connectivity index (χ4n) is 4.59. The monoisotopic (exact) mass is 492 g/mol. The van der Waals surface area contributed by atoms with Crippen molar-refractivity contribution >= 4 is 0 Å². The van der Waals surface area contributed by atoms with Gasteiger partial charge in [-0.15, -0.1) is 0 Å². The van der Waals surface area contributed by atoms with Crippen molar-refractivity contribution in [3.63, 3.8) is 0 Å². The lowest BCUT2D eigenvalue weighted by molar-refractivity contribution is -0.268. The molecule has 2 aromatic carbocycles. The minimum atomic E-state index is -1.47. The number of aliphatic hydroxyl groups excluding tert-OH is 5. The molecule has 0 aliphatic carbocycles. The molecule has 2 aliphatic rings. The van der Waals surface area contributed by atoms with Crippen LogP contribution in [-0.4, -0.2) is 81.7 Å². The number of fused-ring (bicyclic) bond motifs is 1. The molecule has 2 aromatic rings. The molecule has 7 atom stereocenters. The first-order valence-electron chi connectivity index (χ1n) is 11.6. The van der Waals surface area contributed by atoms with Gasteiger partial charge in [-0.3, -0.25) is 0 Å². The van der Waals surface area contributed by atoms with E-state index in [-0.39, 0.29) is 24.7 Å². The quantitative estimate of drug-likeness (QED) is 0.310. The highest BCUT2D eigenvalue weighted by Crippen LogP contribution is 2.51. The largest absolute Gasteiger partial charge is 0.504 e. The van der Waals surface area contributed by atoms with Gasteiger partial charge in [0, 0.05) is 12.2 Å². The zero-order valence-electron chi connectivity index (χ0n) is 19.6. The fourth-order valence-corrected chi connectivity index (χ4v) is 4.59. The average molecular weight is 493 g/mol. The van der Waals surface area contributed by atoms with E-state index in [1.165, 1.54) is 7.11 Å². The molecule has 0 spiro atoms. The van der Waals surface area contributed by atoms with Crippen molar-refractivity contribution in [3.05, 3.63) is 47.0 Å². The number of phenols is 1. The Morgan fingerprint density at radius 1 is 0.971 bits per heavy atom. The Morgan fingerprint density at radius 2 is 1.74 bits per heavy atom. The Kier molecular flexibility index (Phi) is 7.70. The fraction of sp³-hybridized carbons (Fsp3) is 0.520. The predicted molar refractivity (Wildman–Crippen MR) is 123 cm³/mol. The molecule has 4 rings (SSSR count). The van der Waals surface area contributed by atoms with Crippen molar-refractivity contribution in [1.29, 1.82) is 0 Å². The predicted octanol–water partition coefficient (Wildman–Crippen LogP) is 0.742. The molecule has 0 bridgehead atoms. The first-order valence-corrected chi connectivity index (χ1v) is 11.6. The summed E-state index contributed by atoms with van der Waals surface area (Å²) in [6.07, 6.45) is -5.60. The molecule has 0 saturated carbocycles. The summed E-state index contributed by atoms with van der Waals surface area (Å²) in [5, 5.41) is 60.0. The van der Waals surface area contributed by atoms with Crippen LogP contribution in [-0.2, 0) is 11.2 Å². The lowest BCUT2D eigenvalue weighted by atomic mass is 9.90. The Balaban J connectivity index is 1.58. The second kappa shape index (κ2) is 10.6. The van der Waals surface area contributed by atoms with Crippen molar-refractivity contribution in [2.75, 3.05) is 20.3 Å². The van der Waals surface area contributed by atoms with Crippen LogP contribution >= 0.6 is 0 Å². The summed E-state index contributed by atoms with van der Waals surface area (Å²) >= 11 is 0. The molecule has 6 N–H and O–H groups in total. The zero-order chi connectivity index (χ0) is 25.3. The van der Waals surface area contributed by atoms with Crippen LogP contribution in [0.15, 0.2) is 30.3 Å². The number of aromatic hydroxyl groups is 1. The molecule has 7 unspecified atom stereocenters. The van der Waals surface area contributed by atoms with Crippen molar-refractivity contribution in [2.45, 2.75) is 62.5 Å². The normalized spacial score (nSPS) is 30.0. The zero-order valence-corrected chi connectivity index (χ0v) is 19.6. The first kappa shape index (κ1) is 25.5. The minimum absolute atomic E-state index is 0.0263. The molecule has 10 heteroatoms. The maximum atomic E-state index is 10.5. The van der Waals surface area contributed by atoms with Crippen molar-refractivity contribution in [3.8, 4) is 23.0 Å². The highest BCUT2D eigenvalue weighted by molar-refractivity contribution is 5.55. The van der Waals surface area contributed by atoms with Gasteiger partial charge in [0.25, 0.3) is 0 Å². The second-order valence-electron chi connectivity index (χ2n) is 8.90. The average Bonchev–Trinajstić information content (AvgIpc) is 3.24.